The molecule has 0 aliphatic carbocycles. The summed E-state index contributed by atoms with van der Waals surface area (Å²) in [7, 11) is 0. The van der Waals surface area contributed by atoms with Gasteiger partial charge in [-0.15, -0.1) is 0 Å². The van der Waals surface area contributed by atoms with E-state index in [1.807, 2.05) is 4.90 Å². The summed E-state index contributed by atoms with van der Waals surface area (Å²) in [6, 6.07) is 6.61. The van der Waals surface area contributed by atoms with Crippen molar-refractivity contribution in [3.05, 3.63) is 39.9 Å². The van der Waals surface area contributed by atoms with Gasteiger partial charge in [0.15, 0.2) is 6.10 Å². The molecule has 1 unspecified atom stereocenters. The molecule has 1 heterocycles. The van der Waals surface area contributed by atoms with E-state index < -0.39 is 17.0 Å². The molecule has 1 aliphatic rings. The molecule has 0 spiro atoms. The lowest BCUT2D eigenvalue weighted by atomic mass is 10.1. The quantitative estimate of drug-likeness (QED) is 0.637. The molecule has 1 fully saturated rings. The number of hydrogen-bond acceptors (Lipinski definition) is 5. The van der Waals surface area contributed by atoms with Crippen molar-refractivity contribution >= 4 is 11.7 Å². The first-order valence-electron chi connectivity index (χ1n) is 6.37. The monoisotopic (exact) mass is 280 g/mol. The molecule has 1 aromatic carbocycles. The van der Waals surface area contributed by atoms with E-state index in [1.165, 1.54) is 6.07 Å². The summed E-state index contributed by atoms with van der Waals surface area (Å²) in [6.07, 6.45) is -0.293. The first-order chi connectivity index (χ1) is 9.58. The first kappa shape index (κ1) is 14.4. The van der Waals surface area contributed by atoms with E-state index in [1.54, 1.807) is 18.2 Å². The van der Waals surface area contributed by atoms with E-state index in [2.05, 4.69) is 0 Å². The maximum absolute atomic E-state index is 10.9. The first-order valence-corrected chi connectivity index (χ1v) is 6.37. The fraction of sp³-hybridized carbons (Fsp3) is 0.462. The molecule has 7 heteroatoms. The van der Waals surface area contributed by atoms with Crippen molar-refractivity contribution in [1.82, 2.24) is 4.90 Å². The van der Waals surface area contributed by atoms with Gasteiger partial charge < -0.3 is 9.84 Å². The SMILES string of the molecule is O=C(O)C1CN(CCc2ccccc2[N+](=O)[O-])CCO1. The van der Waals surface area contributed by atoms with E-state index in [-0.39, 0.29) is 5.69 Å². The Labute approximate surface area is 115 Å². The highest BCUT2D eigenvalue weighted by Gasteiger charge is 2.26. The zero-order valence-corrected chi connectivity index (χ0v) is 10.9. The molecular weight excluding hydrogens is 264 g/mol. The number of hydrogen-bond donors (Lipinski definition) is 1. The number of benzene rings is 1. The summed E-state index contributed by atoms with van der Waals surface area (Å²) in [5.74, 6) is -0.972. The normalized spacial score (nSPS) is 19.7. The molecule has 0 aromatic heterocycles. The minimum atomic E-state index is -0.972. The summed E-state index contributed by atoms with van der Waals surface area (Å²) in [5, 5.41) is 19.8. The van der Waals surface area contributed by atoms with E-state index in [0.717, 1.165) is 0 Å². The Morgan fingerprint density at radius 2 is 2.25 bits per heavy atom. The van der Waals surface area contributed by atoms with Crippen molar-refractivity contribution in [3.63, 3.8) is 0 Å². The van der Waals surface area contributed by atoms with Gasteiger partial charge in [0.1, 0.15) is 0 Å². The van der Waals surface area contributed by atoms with Crippen LogP contribution in [0.5, 0.6) is 0 Å². The predicted molar refractivity (Wildman–Crippen MR) is 70.6 cm³/mol. The standard InChI is InChI=1S/C13H16N2O5/c16-13(17)12-9-14(7-8-20-12)6-5-10-3-1-2-4-11(10)15(18)19/h1-4,12H,5-9H2,(H,16,17). The molecule has 108 valence electrons. The number of rotatable bonds is 5. The number of para-hydroxylation sites is 1. The molecule has 0 amide bonds. The fourth-order valence-electron chi connectivity index (χ4n) is 2.23. The highest BCUT2D eigenvalue weighted by Crippen LogP contribution is 2.18. The Morgan fingerprint density at radius 3 is 2.95 bits per heavy atom. The molecule has 1 aliphatic heterocycles. The molecule has 1 N–H and O–H groups in total. The van der Waals surface area contributed by atoms with Gasteiger partial charge in [0.2, 0.25) is 0 Å². The Morgan fingerprint density at radius 1 is 1.50 bits per heavy atom. The van der Waals surface area contributed by atoms with Crippen molar-refractivity contribution in [2.45, 2.75) is 12.5 Å². The average Bonchev–Trinajstić information content (AvgIpc) is 2.45. The van der Waals surface area contributed by atoms with Crippen molar-refractivity contribution in [1.29, 1.82) is 0 Å². The van der Waals surface area contributed by atoms with Gasteiger partial charge in [0.25, 0.3) is 5.69 Å². The zero-order chi connectivity index (χ0) is 14.5. The second-order valence-corrected chi connectivity index (χ2v) is 4.63. The summed E-state index contributed by atoms with van der Waals surface area (Å²) in [4.78, 5) is 23.3. The lowest BCUT2D eigenvalue weighted by molar-refractivity contribution is -0.385. The van der Waals surface area contributed by atoms with Gasteiger partial charge in [-0.2, -0.15) is 0 Å². The van der Waals surface area contributed by atoms with E-state index in [9.17, 15) is 14.9 Å². The van der Waals surface area contributed by atoms with Crippen molar-refractivity contribution in [3.8, 4) is 0 Å². The van der Waals surface area contributed by atoms with Crippen molar-refractivity contribution in [2.24, 2.45) is 0 Å². The van der Waals surface area contributed by atoms with Gasteiger partial charge in [-0.05, 0) is 6.42 Å². The Bertz CT molecular complexity index is 505. The molecule has 0 bridgehead atoms. The third-order valence-corrected chi connectivity index (χ3v) is 3.31. The summed E-state index contributed by atoms with van der Waals surface area (Å²) < 4.78 is 5.13. The zero-order valence-electron chi connectivity index (χ0n) is 10.9. The molecule has 1 aromatic rings. The molecule has 0 radical (unpaired) electrons. The van der Waals surface area contributed by atoms with E-state index in [0.29, 0.717) is 38.2 Å². The van der Waals surface area contributed by atoms with Crippen LogP contribution in [0.2, 0.25) is 0 Å². The van der Waals surface area contributed by atoms with Crippen molar-refractivity contribution < 1.29 is 19.6 Å². The highest BCUT2D eigenvalue weighted by atomic mass is 16.6. The minimum absolute atomic E-state index is 0.107. The number of carboxylic acids is 1. The van der Waals surface area contributed by atoms with Crippen LogP contribution in [-0.4, -0.2) is 53.2 Å². The Balaban J connectivity index is 1.95. The number of ether oxygens (including phenoxy) is 1. The van der Waals surface area contributed by atoms with Gasteiger partial charge >= 0.3 is 5.97 Å². The van der Waals surface area contributed by atoms with Gasteiger partial charge in [0, 0.05) is 31.3 Å². The van der Waals surface area contributed by atoms with Crippen LogP contribution < -0.4 is 0 Å². The van der Waals surface area contributed by atoms with Gasteiger partial charge in [-0.1, -0.05) is 18.2 Å². The lowest BCUT2D eigenvalue weighted by Gasteiger charge is -2.30. The number of nitro groups is 1. The van der Waals surface area contributed by atoms with E-state index in [4.69, 9.17) is 9.84 Å². The minimum Gasteiger partial charge on any atom is -0.479 e. The molecule has 20 heavy (non-hydrogen) atoms. The number of nitro benzene ring substituents is 1. The summed E-state index contributed by atoms with van der Waals surface area (Å²) in [6.45, 7) is 1.91. The maximum Gasteiger partial charge on any atom is 0.334 e. The maximum atomic E-state index is 10.9. The smallest absolute Gasteiger partial charge is 0.334 e. The Kier molecular flexibility index (Phi) is 4.65. The predicted octanol–water partition coefficient (Wildman–Crippen LogP) is 0.923. The molecule has 0 saturated carbocycles. The van der Waals surface area contributed by atoms with Crippen LogP contribution in [0.15, 0.2) is 24.3 Å². The molecular formula is C13H16N2O5. The third-order valence-electron chi connectivity index (χ3n) is 3.31. The number of carbonyl (C=O) groups is 1. The van der Waals surface area contributed by atoms with Gasteiger partial charge in [0.05, 0.1) is 11.5 Å². The fourth-order valence-corrected chi connectivity index (χ4v) is 2.23. The third kappa shape index (κ3) is 3.52. The molecule has 1 saturated heterocycles. The van der Waals surface area contributed by atoms with Crippen LogP contribution >= 0.6 is 0 Å². The second-order valence-electron chi connectivity index (χ2n) is 4.63. The molecule has 1 atom stereocenters. The van der Waals surface area contributed by atoms with Crippen LogP contribution in [0, 0.1) is 10.1 Å². The van der Waals surface area contributed by atoms with Crippen LogP contribution in [-0.2, 0) is 16.0 Å². The van der Waals surface area contributed by atoms with Crippen LogP contribution in [0.1, 0.15) is 5.56 Å². The largest absolute Gasteiger partial charge is 0.479 e. The number of aliphatic carboxylic acids is 1. The lowest BCUT2D eigenvalue weighted by Crippen LogP contribution is -2.46. The van der Waals surface area contributed by atoms with Crippen molar-refractivity contribution in [2.75, 3.05) is 26.2 Å². The summed E-state index contributed by atoms with van der Waals surface area (Å²) >= 11 is 0. The molecule has 2 rings (SSSR count). The second kappa shape index (κ2) is 6.44. The van der Waals surface area contributed by atoms with Crippen LogP contribution in [0.3, 0.4) is 0 Å². The van der Waals surface area contributed by atoms with Gasteiger partial charge in [-0.3, -0.25) is 15.0 Å². The number of carboxylic acid groups (broad SMARTS) is 1. The Hall–Kier alpha value is -1.99. The topological polar surface area (TPSA) is 92.9 Å². The number of morpholine rings is 1. The number of nitrogens with zero attached hydrogens (tertiary/aromatic N) is 2. The van der Waals surface area contributed by atoms with Gasteiger partial charge in [-0.25, -0.2) is 4.79 Å². The van der Waals surface area contributed by atoms with Crippen LogP contribution in [0.25, 0.3) is 0 Å². The average molecular weight is 280 g/mol. The molecule has 7 nitrogen and oxygen atoms in total. The summed E-state index contributed by atoms with van der Waals surface area (Å²) in [5.41, 5.74) is 0.770. The van der Waals surface area contributed by atoms with E-state index >= 15 is 0 Å². The van der Waals surface area contributed by atoms with Crippen LogP contribution in [0.4, 0.5) is 5.69 Å². The highest BCUT2D eigenvalue weighted by molar-refractivity contribution is 5.72.